The summed E-state index contributed by atoms with van der Waals surface area (Å²) in [4.78, 5) is 12.3. The van der Waals surface area contributed by atoms with Gasteiger partial charge in [-0.05, 0) is 41.1 Å². The minimum Gasteiger partial charge on any atom is -0.466 e. The lowest BCUT2D eigenvalue weighted by atomic mass is 9.84. The van der Waals surface area contributed by atoms with E-state index in [0.29, 0.717) is 13.0 Å². The van der Waals surface area contributed by atoms with E-state index in [1.807, 2.05) is 6.92 Å². The Bertz CT molecular complexity index is 759. The second-order valence-corrected chi connectivity index (χ2v) is 13.6. The van der Waals surface area contributed by atoms with Crippen LogP contribution in [0.15, 0.2) is 60.7 Å². The first kappa shape index (κ1) is 22.8. The molecule has 2 aromatic carbocycles. The molecule has 1 aliphatic carbocycles. The number of hydrogen-bond acceptors (Lipinski definition) is 3. The van der Waals surface area contributed by atoms with Crippen LogP contribution < -0.4 is 10.4 Å². The lowest BCUT2D eigenvalue weighted by Gasteiger charge is -2.47. The van der Waals surface area contributed by atoms with Crippen molar-refractivity contribution in [3.05, 3.63) is 60.7 Å². The van der Waals surface area contributed by atoms with E-state index in [-0.39, 0.29) is 23.0 Å². The summed E-state index contributed by atoms with van der Waals surface area (Å²) in [5, 5.41) is 2.54. The summed E-state index contributed by atoms with van der Waals surface area (Å²) >= 11 is 0. The second kappa shape index (κ2) is 9.93. The van der Waals surface area contributed by atoms with Crippen LogP contribution in [0.1, 0.15) is 59.8 Å². The van der Waals surface area contributed by atoms with Gasteiger partial charge >= 0.3 is 5.97 Å². The number of rotatable bonds is 7. The molecule has 0 heterocycles. The van der Waals surface area contributed by atoms with Crippen LogP contribution in [0.2, 0.25) is 5.04 Å². The summed E-state index contributed by atoms with van der Waals surface area (Å²) in [6.45, 7) is 9.23. The van der Waals surface area contributed by atoms with Crippen molar-refractivity contribution in [3.8, 4) is 0 Å². The standard InChI is InChI=1S/C26H36O3Si/c1-5-28-25(27)20-21-14-12-13-19-24(21)29-30(26(2,3)4,22-15-8-6-9-16-22)23-17-10-7-11-18-23/h6-11,15-18,21,24H,5,12-14,19-20H2,1-4H3. The van der Waals surface area contributed by atoms with Crippen LogP contribution in [0, 0.1) is 5.92 Å². The monoisotopic (exact) mass is 424 g/mol. The first-order chi connectivity index (χ1) is 14.4. The van der Waals surface area contributed by atoms with E-state index in [0.717, 1.165) is 25.7 Å². The topological polar surface area (TPSA) is 35.5 Å². The molecule has 0 radical (unpaired) electrons. The Morgan fingerprint density at radius 3 is 1.97 bits per heavy atom. The summed E-state index contributed by atoms with van der Waals surface area (Å²) in [6, 6.07) is 21.5. The van der Waals surface area contributed by atoms with E-state index in [4.69, 9.17) is 9.16 Å². The molecule has 3 nitrogen and oxygen atoms in total. The molecule has 30 heavy (non-hydrogen) atoms. The number of carbonyl (C=O) groups excluding carboxylic acids is 1. The molecule has 4 heteroatoms. The quantitative estimate of drug-likeness (QED) is 0.459. The fraction of sp³-hybridized carbons (Fsp3) is 0.500. The summed E-state index contributed by atoms with van der Waals surface area (Å²) in [7, 11) is -2.60. The summed E-state index contributed by atoms with van der Waals surface area (Å²) in [5.74, 6) is 0.125. The summed E-state index contributed by atoms with van der Waals surface area (Å²) < 4.78 is 12.6. The third-order valence-electron chi connectivity index (χ3n) is 6.32. The molecule has 0 saturated heterocycles. The highest BCUT2D eigenvalue weighted by atomic mass is 28.4. The Morgan fingerprint density at radius 2 is 1.47 bits per heavy atom. The van der Waals surface area contributed by atoms with Crippen LogP contribution in [0.5, 0.6) is 0 Å². The largest absolute Gasteiger partial charge is 0.466 e. The molecule has 1 fully saturated rings. The molecule has 2 atom stereocenters. The smallest absolute Gasteiger partial charge is 0.306 e. The van der Waals surface area contributed by atoms with E-state index in [2.05, 4.69) is 81.4 Å². The van der Waals surface area contributed by atoms with Gasteiger partial charge < -0.3 is 9.16 Å². The number of esters is 1. The highest BCUT2D eigenvalue weighted by Crippen LogP contribution is 2.41. The van der Waals surface area contributed by atoms with Crippen molar-refractivity contribution < 1.29 is 14.0 Å². The molecule has 1 saturated carbocycles. The first-order valence-corrected chi connectivity index (χ1v) is 13.2. The molecule has 1 aliphatic rings. The first-order valence-electron chi connectivity index (χ1n) is 11.3. The van der Waals surface area contributed by atoms with Crippen LogP contribution in [-0.4, -0.2) is 27.0 Å². The van der Waals surface area contributed by atoms with Crippen molar-refractivity contribution in [2.45, 2.75) is 70.9 Å². The highest BCUT2D eigenvalue weighted by Gasteiger charge is 2.52. The van der Waals surface area contributed by atoms with Gasteiger partial charge in [0.05, 0.1) is 13.0 Å². The van der Waals surface area contributed by atoms with Gasteiger partial charge in [-0.1, -0.05) is 94.3 Å². The number of hydrogen-bond donors (Lipinski definition) is 0. The van der Waals surface area contributed by atoms with Gasteiger partial charge in [0.15, 0.2) is 0 Å². The maximum atomic E-state index is 12.3. The minimum atomic E-state index is -2.60. The normalized spacial score (nSPS) is 20.0. The molecule has 0 bridgehead atoms. The molecular formula is C26H36O3Si. The van der Waals surface area contributed by atoms with Gasteiger partial charge in [0.2, 0.25) is 0 Å². The minimum absolute atomic E-state index is 0.0539. The van der Waals surface area contributed by atoms with Gasteiger partial charge in [-0.15, -0.1) is 0 Å². The second-order valence-electron chi connectivity index (χ2n) is 9.37. The van der Waals surface area contributed by atoms with Gasteiger partial charge in [-0.25, -0.2) is 0 Å². The zero-order valence-electron chi connectivity index (χ0n) is 18.9. The van der Waals surface area contributed by atoms with E-state index >= 15 is 0 Å². The molecule has 3 rings (SSSR count). The predicted molar refractivity (Wildman–Crippen MR) is 126 cm³/mol. The zero-order chi connectivity index (χ0) is 21.6. The van der Waals surface area contributed by atoms with Crippen LogP contribution in [0.3, 0.4) is 0 Å². The SMILES string of the molecule is CCOC(=O)CC1CCCCC1O[Si](c1ccccc1)(c1ccccc1)C(C)(C)C. The Hall–Kier alpha value is -1.91. The van der Waals surface area contributed by atoms with Gasteiger partial charge in [0.25, 0.3) is 8.32 Å². The van der Waals surface area contributed by atoms with E-state index in [1.54, 1.807) is 0 Å². The van der Waals surface area contributed by atoms with Crippen molar-refractivity contribution in [2.24, 2.45) is 5.92 Å². The number of ether oxygens (including phenoxy) is 1. The van der Waals surface area contributed by atoms with Crippen molar-refractivity contribution in [1.82, 2.24) is 0 Å². The third-order valence-corrected chi connectivity index (χ3v) is 11.4. The molecule has 0 amide bonds. The lowest BCUT2D eigenvalue weighted by Crippen LogP contribution is -2.68. The van der Waals surface area contributed by atoms with Crippen molar-refractivity contribution >= 4 is 24.7 Å². The lowest BCUT2D eigenvalue weighted by molar-refractivity contribution is -0.145. The maximum Gasteiger partial charge on any atom is 0.306 e. The predicted octanol–water partition coefficient (Wildman–Crippen LogP) is 5.08. The zero-order valence-corrected chi connectivity index (χ0v) is 19.9. The van der Waals surface area contributed by atoms with Crippen molar-refractivity contribution in [1.29, 1.82) is 0 Å². The number of carbonyl (C=O) groups is 1. The van der Waals surface area contributed by atoms with E-state index < -0.39 is 8.32 Å². The van der Waals surface area contributed by atoms with Crippen LogP contribution in [0.4, 0.5) is 0 Å². The third kappa shape index (κ3) is 4.87. The molecular weight excluding hydrogens is 388 g/mol. The van der Waals surface area contributed by atoms with Gasteiger partial charge in [-0.3, -0.25) is 4.79 Å². The van der Waals surface area contributed by atoms with Crippen molar-refractivity contribution in [3.63, 3.8) is 0 Å². The fourth-order valence-corrected chi connectivity index (χ4v) is 9.69. The highest BCUT2D eigenvalue weighted by molar-refractivity contribution is 6.99. The van der Waals surface area contributed by atoms with Crippen LogP contribution in [-0.2, 0) is 14.0 Å². The van der Waals surface area contributed by atoms with Crippen molar-refractivity contribution in [2.75, 3.05) is 6.61 Å². The molecule has 2 unspecified atom stereocenters. The van der Waals surface area contributed by atoms with Gasteiger partial charge in [0, 0.05) is 6.10 Å². The Kier molecular flexibility index (Phi) is 7.53. The molecule has 0 spiro atoms. The summed E-state index contributed by atoms with van der Waals surface area (Å²) in [6.07, 6.45) is 4.88. The van der Waals surface area contributed by atoms with E-state index in [9.17, 15) is 4.79 Å². The molecule has 2 aromatic rings. The van der Waals surface area contributed by atoms with Gasteiger partial charge in [-0.2, -0.15) is 0 Å². The average Bonchev–Trinajstić information content (AvgIpc) is 2.73. The Labute approximate surface area is 182 Å². The Morgan fingerprint density at radius 1 is 0.933 bits per heavy atom. The molecule has 162 valence electrons. The Balaban J connectivity index is 2.05. The average molecular weight is 425 g/mol. The molecule has 0 aromatic heterocycles. The van der Waals surface area contributed by atoms with E-state index in [1.165, 1.54) is 10.4 Å². The summed E-state index contributed by atoms with van der Waals surface area (Å²) in [5.41, 5.74) is 0. The molecule has 0 aliphatic heterocycles. The molecule has 0 N–H and O–H groups in total. The maximum absolute atomic E-state index is 12.3. The fourth-order valence-electron chi connectivity index (χ4n) is 4.91. The number of benzene rings is 2. The van der Waals surface area contributed by atoms with Gasteiger partial charge in [0.1, 0.15) is 0 Å². The van der Waals surface area contributed by atoms with Crippen LogP contribution in [0.25, 0.3) is 0 Å². The van der Waals surface area contributed by atoms with Crippen LogP contribution >= 0.6 is 0 Å².